The number of benzene rings is 2. The van der Waals surface area contributed by atoms with Gasteiger partial charge < -0.3 is 20.5 Å². The number of carbonyl (C=O) groups excluding carboxylic acids is 1. The first-order chi connectivity index (χ1) is 16.5. The van der Waals surface area contributed by atoms with Crippen molar-refractivity contribution in [3.8, 4) is 5.75 Å². The van der Waals surface area contributed by atoms with Gasteiger partial charge in [-0.25, -0.2) is 0 Å². The molecule has 0 aromatic heterocycles. The number of ether oxygens (including phenoxy) is 1. The van der Waals surface area contributed by atoms with Gasteiger partial charge in [-0.2, -0.15) is 11.8 Å². The average Bonchev–Trinajstić information content (AvgIpc) is 2.84. The molecule has 0 saturated heterocycles. The Bertz CT molecular complexity index is 812. The van der Waals surface area contributed by atoms with E-state index in [0.29, 0.717) is 31.2 Å². The Kier molecular flexibility index (Phi) is 13.8. The standard InChI is InChI=1S/C28H42N2O3S/c1-4-10-25(11-5-2)34-17-16-28(32)30-26(19-22-12-7-6-8-13-22)27(31)21-29-20-23-14-9-15-24(18-23)33-3/h6-9,12-15,18,25-27,29,31H,4-5,10-11,16-17,19-21H2,1-3H3,(H,30,32)/t26-,27+/m0/s1. The summed E-state index contributed by atoms with van der Waals surface area (Å²) in [5.41, 5.74) is 2.18. The third-order valence-corrected chi connectivity index (χ3v) is 7.21. The van der Waals surface area contributed by atoms with Gasteiger partial charge in [-0.1, -0.05) is 69.2 Å². The number of nitrogens with one attached hydrogen (secondary N) is 2. The molecule has 188 valence electrons. The molecule has 2 aromatic rings. The molecule has 0 spiro atoms. The van der Waals surface area contributed by atoms with Gasteiger partial charge in [-0.3, -0.25) is 4.79 Å². The smallest absolute Gasteiger partial charge is 0.221 e. The molecule has 0 heterocycles. The highest BCUT2D eigenvalue weighted by atomic mass is 32.2. The minimum atomic E-state index is -0.699. The van der Waals surface area contributed by atoms with Crippen molar-refractivity contribution in [2.45, 2.75) is 76.3 Å². The van der Waals surface area contributed by atoms with Gasteiger partial charge in [0, 0.05) is 30.5 Å². The first-order valence-corrected chi connectivity index (χ1v) is 13.6. The Morgan fingerprint density at radius 3 is 2.41 bits per heavy atom. The van der Waals surface area contributed by atoms with Crippen LogP contribution in [0.25, 0.3) is 0 Å². The molecular formula is C28H42N2O3S. The zero-order valence-corrected chi connectivity index (χ0v) is 21.8. The number of aliphatic hydroxyl groups is 1. The number of methoxy groups -OCH3 is 1. The third-order valence-electron chi connectivity index (χ3n) is 5.83. The summed E-state index contributed by atoms with van der Waals surface area (Å²) in [6, 6.07) is 17.5. The van der Waals surface area contributed by atoms with Gasteiger partial charge >= 0.3 is 0 Å². The summed E-state index contributed by atoms with van der Waals surface area (Å²) in [7, 11) is 1.65. The maximum Gasteiger partial charge on any atom is 0.221 e. The number of amides is 1. The second-order valence-electron chi connectivity index (χ2n) is 8.73. The second kappa shape index (κ2) is 16.6. The Morgan fingerprint density at radius 1 is 1.03 bits per heavy atom. The van der Waals surface area contributed by atoms with Crippen LogP contribution in [0, 0.1) is 0 Å². The SMILES string of the molecule is CCCC(CCC)SCCC(=O)N[C@@H](Cc1ccccc1)[C@H](O)CNCc1cccc(OC)c1. The summed E-state index contributed by atoms with van der Waals surface area (Å²) < 4.78 is 5.28. The first kappa shape index (κ1) is 28.2. The summed E-state index contributed by atoms with van der Waals surface area (Å²) in [6.45, 7) is 5.44. The van der Waals surface area contributed by atoms with E-state index in [1.165, 1.54) is 25.7 Å². The van der Waals surface area contributed by atoms with Crippen LogP contribution in [0.1, 0.15) is 57.1 Å². The van der Waals surface area contributed by atoms with Crippen LogP contribution in [0.5, 0.6) is 5.75 Å². The molecule has 0 saturated carbocycles. The minimum Gasteiger partial charge on any atom is -0.497 e. The van der Waals surface area contributed by atoms with Gasteiger partial charge in [0.05, 0.1) is 19.3 Å². The van der Waals surface area contributed by atoms with Crippen LogP contribution in [-0.4, -0.2) is 47.8 Å². The molecule has 0 aliphatic carbocycles. The summed E-state index contributed by atoms with van der Waals surface area (Å²) in [4.78, 5) is 12.7. The van der Waals surface area contributed by atoms with Crippen molar-refractivity contribution >= 4 is 17.7 Å². The summed E-state index contributed by atoms with van der Waals surface area (Å²) in [5, 5.41) is 18.0. The van der Waals surface area contributed by atoms with E-state index in [2.05, 4.69) is 24.5 Å². The van der Waals surface area contributed by atoms with E-state index in [1.807, 2.05) is 66.4 Å². The summed E-state index contributed by atoms with van der Waals surface area (Å²) in [6.07, 6.45) is 5.13. The molecule has 3 N–H and O–H groups in total. The van der Waals surface area contributed by atoms with E-state index in [1.54, 1.807) is 7.11 Å². The highest BCUT2D eigenvalue weighted by Gasteiger charge is 2.22. The van der Waals surface area contributed by atoms with Crippen molar-refractivity contribution in [1.29, 1.82) is 0 Å². The van der Waals surface area contributed by atoms with E-state index in [4.69, 9.17) is 4.74 Å². The van der Waals surface area contributed by atoms with Gasteiger partial charge in [-0.05, 0) is 42.5 Å². The largest absolute Gasteiger partial charge is 0.497 e. The number of hydrogen-bond donors (Lipinski definition) is 3. The normalized spacial score (nSPS) is 13.0. The lowest BCUT2D eigenvalue weighted by atomic mass is 10.0. The second-order valence-corrected chi connectivity index (χ2v) is 10.1. The van der Waals surface area contributed by atoms with Crippen molar-refractivity contribution in [3.63, 3.8) is 0 Å². The van der Waals surface area contributed by atoms with Crippen molar-refractivity contribution < 1.29 is 14.6 Å². The van der Waals surface area contributed by atoms with Gasteiger partial charge in [0.2, 0.25) is 5.91 Å². The zero-order valence-electron chi connectivity index (χ0n) is 21.0. The van der Waals surface area contributed by atoms with Crippen LogP contribution < -0.4 is 15.4 Å². The Labute approximate surface area is 210 Å². The fraction of sp³-hybridized carbons (Fsp3) is 0.536. The van der Waals surface area contributed by atoms with Crippen molar-refractivity contribution in [3.05, 3.63) is 65.7 Å². The van der Waals surface area contributed by atoms with Crippen LogP contribution in [0.15, 0.2) is 54.6 Å². The zero-order chi connectivity index (χ0) is 24.6. The molecule has 6 heteroatoms. The number of rotatable bonds is 17. The fourth-order valence-electron chi connectivity index (χ4n) is 3.99. The molecule has 2 rings (SSSR count). The number of carbonyl (C=O) groups is 1. The van der Waals surface area contributed by atoms with E-state index in [-0.39, 0.29) is 11.9 Å². The van der Waals surface area contributed by atoms with E-state index in [0.717, 1.165) is 22.6 Å². The molecule has 1 amide bonds. The summed E-state index contributed by atoms with van der Waals surface area (Å²) >= 11 is 1.91. The Hall–Kier alpha value is -2.02. The average molecular weight is 487 g/mol. The van der Waals surface area contributed by atoms with Crippen LogP contribution in [-0.2, 0) is 17.8 Å². The molecular weight excluding hydrogens is 444 g/mol. The molecule has 0 unspecified atom stereocenters. The van der Waals surface area contributed by atoms with Gasteiger partial charge in [0.15, 0.2) is 0 Å². The molecule has 2 atom stereocenters. The molecule has 0 bridgehead atoms. The van der Waals surface area contributed by atoms with Crippen molar-refractivity contribution in [2.24, 2.45) is 0 Å². The molecule has 34 heavy (non-hydrogen) atoms. The predicted molar refractivity (Wildman–Crippen MR) is 143 cm³/mol. The molecule has 2 aromatic carbocycles. The van der Waals surface area contributed by atoms with Gasteiger partial charge in [0.1, 0.15) is 5.75 Å². The maximum absolute atomic E-state index is 12.7. The number of thioether (sulfide) groups is 1. The topological polar surface area (TPSA) is 70.6 Å². The quantitative estimate of drug-likeness (QED) is 0.295. The van der Waals surface area contributed by atoms with E-state index >= 15 is 0 Å². The number of aliphatic hydroxyl groups excluding tert-OH is 1. The van der Waals surface area contributed by atoms with E-state index < -0.39 is 6.10 Å². The third kappa shape index (κ3) is 10.9. The highest BCUT2D eigenvalue weighted by molar-refractivity contribution is 7.99. The van der Waals surface area contributed by atoms with Crippen LogP contribution in [0.2, 0.25) is 0 Å². The number of hydrogen-bond acceptors (Lipinski definition) is 5. The Balaban J connectivity index is 1.89. The molecule has 5 nitrogen and oxygen atoms in total. The van der Waals surface area contributed by atoms with Crippen molar-refractivity contribution in [2.75, 3.05) is 19.4 Å². The molecule has 0 radical (unpaired) electrons. The monoisotopic (exact) mass is 486 g/mol. The molecule has 0 fully saturated rings. The molecule has 0 aliphatic heterocycles. The lowest BCUT2D eigenvalue weighted by Gasteiger charge is -2.25. The lowest BCUT2D eigenvalue weighted by Crippen LogP contribution is -2.48. The minimum absolute atomic E-state index is 0.00650. The van der Waals surface area contributed by atoms with Gasteiger partial charge in [0.25, 0.3) is 0 Å². The van der Waals surface area contributed by atoms with E-state index in [9.17, 15) is 9.90 Å². The maximum atomic E-state index is 12.7. The first-order valence-electron chi connectivity index (χ1n) is 12.5. The summed E-state index contributed by atoms with van der Waals surface area (Å²) in [5.74, 6) is 1.64. The lowest BCUT2D eigenvalue weighted by molar-refractivity contribution is -0.122. The van der Waals surface area contributed by atoms with Crippen LogP contribution >= 0.6 is 11.8 Å². The van der Waals surface area contributed by atoms with Crippen molar-refractivity contribution in [1.82, 2.24) is 10.6 Å². The van der Waals surface area contributed by atoms with Crippen LogP contribution in [0.3, 0.4) is 0 Å². The predicted octanol–water partition coefficient (Wildman–Crippen LogP) is 4.97. The van der Waals surface area contributed by atoms with Crippen LogP contribution in [0.4, 0.5) is 0 Å². The Morgan fingerprint density at radius 2 is 1.74 bits per heavy atom. The highest BCUT2D eigenvalue weighted by Crippen LogP contribution is 2.22. The van der Waals surface area contributed by atoms with Gasteiger partial charge in [-0.15, -0.1) is 0 Å². The fourth-order valence-corrected chi connectivity index (χ4v) is 5.43. The molecule has 0 aliphatic rings.